The van der Waals surface area contributed by atoms with Crippen molar-refractivity contribution in [3.63, 3.8) is 0 Å². The van der Waals surface area contributed by atoms with Gasteiger partial charge in [-0.25, -0.2) is 8.42 Å². The molecule has 106 valence electrons. The van der Waals surface area contributed by atoms with E-state index < -0.39 is 10.0 Å². The van der Waals surface area contributed by atoms with Crippen LogP contribution in [0.25, 0.3) is 0 Å². The maximum atomic E-state index is 12.5. The lowest BCUT2D eigenvalue weighted by Gasteiger charge is -2.20. The number of rotatable bonds is 7. The Morgan fingerprint density at radius 3 is 2.68 bits per heavy atom. The monoisotopic (exact) mass is 284 g/mol. The van der Waals surface area contributed by atoms with E-state index in [0.29, 0.717) is 12.3 Å². The van der Waals surface area contributed by atoms with Crippen molar-refractivity contribution in [3.05, 3.63) is 36.4 Å². The largest absolute Gasteiger partial charge is 0.398 e. The maximum absolute atomic E-state index is 12.5. The Morgan fingerprint density at radius 2 is 2.16 bits per heavy atom. The summed E-state index contributed by atoms with van der Waals surface area (Å²) < 4.78 is 31.2. The number of nitrogen functional groups attached to an aromatic ring is 1. The predicted molar refractivity (Wildman–Crippen MR) is 76.4 cm³/mol. The first-order valence-electron chi connectivity index (χ1n) is 5.89. The summed E-state index contributed by atoms with van der Waals surface area (Å²) in [6.45, 7) is 6.25. The fourth-order valence-corrected chi connectivity index (χ4v) is 3.01. The molecule has 1 aromatic rings. The van der Waals surface area contributed by atoms with Gasteiger partial charge in [0.2, 0.25) is 10.0 Å². The van der Waals surface area contributed by atoms with Crippen LogP contribution < -0.4 is 5.73 Å². The molecule has 0 fully saturated rings. The van der Waals surface area contributed by atoms with Crippen LogP contribution in [0.1, 0.15) is 5.56 Å². The average Bonchev–Trinajstić information content (AvgIpc) is 2.37. The van der Waals surface area contributed by atoms with Crippen LogP contribution in [0, 0.1) is 6.92 Å². The van der Waals surface area contributed by atoms with Gasteiger partial charge < -0.3 is 10.5 Å². The van der Waals surface area contributed by atoms with Crippen molar-refractivity contribution in [1.82, 2.24) is 4.31 Å². The molecule has 5 nitrogen and oxygen atoms in total. The Bertz CT molecular complexity index is 541. The van der Waals surface area contributed by atoms with Crippen molar-refractivity contribution in [2.24, 2.45) is 0 Å². The number of benzene rings is 1. The van der Waals surface area contributed by atoms with Crippen molar-refractivity contribution in [2.75, 3.05) is 32.5 Å². The number of hydrogen-bond donors (Lipinski definition) is 1. The first kappa shape index (κ1) is 15.7. The fraction of sp³-hybridized carbons (Fsp3) is 0.385. The zero-order valence-electron chi connectivity index (χ0n) is 11.3. The molecule has 1 aromatic carbocycles. The van der Waals surface area contributed by atoms with Gasteiger partial charge in [-0.1, -0.05) is 12.1 Å². The van der Waals surface area contributed by atoms with Crippen molar-refractivity contribution in [3.8, 4) is 0 Å². The number of ether oxygens (including phenoxy) is 1. The smallest absolute Gasteiger partial charge is 0.243 e. The lowest BCUT2D eigenvalue weighted by molar-refractivity contribution is 0.182. The lowest BCUT2D eigenvalue weighted by Crippen LogP contribution is -2.34. The molecular weight excluding hydrogens is 264 g/mol. The number of anilines is 1. The number of methoxy groups -OCH3 is 1. The van der Waals surface area contributed by atoms with Crippen LogP contribution in [-0.2, 0) is 14.8 Å². The maximum Gasteiger partial charge on any atom is 0.243 e. The first-order valence-corrected chi connectivity index (χ1v) is 7.33. The Morgan fingerprint density at radius 1 is 1.47 bits per heavy atom. The topological polar surface area (TPSA) is 72.6 Å². The average molecular weight is 284 g/mol. The molecule has 0 saturated carbocycles. The Kier molecular flexibility index (Phi) is 5.53. The number of nitrogens with zero attached hydrogens (tertiary/aromatic N) is 1. The highest BCUT2D eigenvalue weighted by Gasteiger charge is 2.23. The second-order valence-electron chi connectivity index (χ2n) is 4.16. The second kappa shape index (κ2) is 6.70. The van der Waals surface area contributed by atoms with Crippen molar-refractivity contribution >= 4 is 15.7 Å². The van der Waals surface area contributed by atoms with Crippen LogP contribution in [0.4, 0.5) is 5.69 Å². The second-order valence-corrected chi connectivity index (χ2v) is 6.10. The lowest BCUT2D eigenvalue weighted by atomic mass is 10.2. The molecule has 0 aliphatic carbocycles. The summed E-state index contributed by atoms with van der Waals surface area (Å²) in [6.07, 6.45) is 1.55. The number of nitrogens with two attached hydrogens (primary N) is 1. The standard InChI is InChI=1S/C13H20N2O3S/c1-4-7-15(8-9-18-3)19(16,17)12-6-5-11(2)13(14)10-12/h4-6,10H,1,7-9,14H2,2-3H3. The summed E-state index contributed by atoms with van der Waals surface area (Å²) >= 11 is 0. The summed E-state index contributed by atoms with van der Waals surface area (Å²) in [4.78, 5) is 0.188. The molecular formula is C13H20N2O3S. The molecule has 6 heteroatoms. The van der Waals surface area contributed by atoms with Gasteiger partial charge in [-0.2, -0.15) is 4.31 Å². The van der Waals surface area contributed by atoms with Gasteiger partial charge in [0, 0.05) is 25.9 Å². The van der Waals surface area contributed by atoms with E-state index in [1.165, 1.54) is 17.5 Å². The third kappa shape index (κ3) is 3.79. The Balaban J connectivity index is 3.10. The molecule has 0 aromatic heterocycles. The molecule has 0 heterocycles. The highest BCUT2D eigenvalue weighted by atomic mass is 32.2. The Hall–Kier alpha value is -1.37. The van der Waals surface area contributed by atoms with Crippen LogP contribution in [0.2, 0.25) is 0 Å². The van der Waals surface area contributed by atoms with Gasteiger partial charge in [0.1, 0.15) is 0 Å². The minimum atomic E-state index is -3.57. The van der Waals surface area contributed by atoms with E-state index in [-0.39, 0.29) is 18.0 Å². The summed E-state index contributed by atoms with van der Waals surface area (Å²) in [5, 5.41) is 0. The van der Waals surface area contributed by atoms with E-state index in [0.717, 1.165) is 5.56 Å². The minimum Gasteiger partial charge on any atom is -0.398 e. The summed E-state index contributed by atoms with van der Waals surface area (Å²) in [5.41, 5.74) is 7.08. The summed E-state index contributed by atoms with van der Waals surface area (Å²) in [6, 6.07) is 4.74. The van der Waals surface area contributed by atoms with E-state index in [2.05, 4.69) is 6.58 Å². The Labute approximate surface area is 114 Å². The molecule has 1 rings (SSSR count). The highest BCUT2D eigenvalue weighted by molar-refractivity contribution is 7.89. The van der Waals surface area contributed by atoms with E-state index in [1.807, 2.05) is 6.92 Å². The third-order valence-electron chi connectivity index (χ3n) is 2.77. The molecule has 0 amide bonds. The molecule has 0 spiro atoms. The zero-order valence-corrected chi connectivity index (χ0v) is 12.1. The normalized spacial score (nSPS) is 11.7. The molecule has 0 aliphatic heterocycles. The first-order chi connectivity index (χ1) is 8.93. The highest BCUT2D eigenvalue weighted by Crippen LogP contribution is 2.20. The predicted octanol–water partition coefficient (Wildman–Crippen LogP) is 1.40. The van der Waals surface area contributed by atoms with Gasteiger partial charge in [-0.3, -0.25) is 0 Å². The van der Waals surface area contributed by atoms with E-state index in [4.69, 9.17) is 10.5 Å². The number of aryl methyl sites for hydroxylation is 1. The van der Waals surface area contributed by atoms with E-state index >= 15 is 0 Å². The van der Waals surface area contributed by atoms with Gasteiger partial charge in [0.05, 0.1) is 11.5 Å². The number of sulfonamides is 1. The van der Waals surface area contributed by atoms with Crippen LogP contribution >= 0.6 is 0 Å². The van der Waals surface area contributed by atoms with Gasteiger partial charge in [0.25, 0.3) is 0 Å². The van der Waals surface area contributed by atoms with Crippen LogP contribution in [0.5, 0.6) is 0 Å². The van der Waals surface area contributed by atoms with Crippen molar-refractivity contribution in [1.29, 1.82) is 0 Å². The molecule has 0 unspecified atom stereocenters. The fourth-order valence-electron chi connectivity index (χ4n) is 1.57. The molecule has 0 atom stereocenters. The van der Waals surface area contributed by atoms with Crippen LogP contribution in [-0.4, -0.2) is 39.5 Å². The van der Waals surface area contributed by atoms with E-state index in [1.54, 1.807) is 18.2 Å². The van der Waals surface area contributed by atoms with Gasteiger partial charge in [-0.15, -0.1) is 6.58 Å². The van der Waals surface area contributed by atoms with Gasteiger partial charge in [-0.05, 0) is 24.6 Å². The molecule has 0 radical (unpaired) electrons. The summed E-state index contributed by atoms with van der Waals surface area (Å²) in [7, 11) is -2.04. The molecule has 2 N–H and O–H groups in total. The summed E-state index contributed by atoms with van der Waals surface area (Å²) in [5.74, 6) is 0. The van der Waals surface area contributed by atoms with Gasteiger partial charge >= 0.3 is 0 Å². The quantitative estimate of drug-likeness (QED) is 0.607. The SMILES string of the molecule is C=CCN(CCOC)S(=O)(=O)c1ccc(C)c(N)c1. The zero-order chi connectivity index (χ0) is 14.5. The molecule has 0 aliphatic rings. The van der Waals surface area contributed by atoms with E-state index in [9.17, 15) is 8.42 Å². The number of hydrogen-bond acceptors (Lipinski definition) is 4. The van der Waals surface area contributed by atoms with Crippen LogP contribution in [0.15, 0.2) is 35.7 Å². The van der Waals surface area contributed by atoms with Crippen molar-refractivity contribution in [2.45, 2.75) is 11.8 Å². The molecule has 19 heavy (non-hydrogen) atoms. The molecule has 0 saturated heterocycles. The molecule has 0 bridgehead atoms. The minimum absolute atomic E-state index is 0.188. The van der Waals surface area contributed by atoms with Crippen LogP contribution in [0.3, 0.4) is 0 Å². The van der Waals surface area contributed by atoms with Crippen molar-refractivity contribution < 1.29 is 13.2 Å². The third-order valence-corrected chi connectivity index (χ3v) is 4.63. The van der Waals surface area contributed by atoms with Gasteiger partial charge in [0.15, 0.2) is 0 Å².